The van der Waals surface area contributed by atoms with Crippen molar-refractivity contribution in [2.75, 3.05) is 0 Å². The van der Waals surface area contributed by atoms with E-state index in [1.54, 1.807) is 12.1 Å². The number of hydrogen-bond donors (Lipinski definition) is 0. The molecule has 6 rings (SSSR count). The number of rotatable bonds is 4. The van der Waals surface area contributed by atoms with Crippen LogP contribution in [0.25, 0.3) is 64.9 Å². The van der Waals surface area contributed by atoms with E-state index < -0.39 is 75.8 Å². The number of alkyl halides is 9. The number of halogens is 9. The van der Waals surface area contributed by atoms with Crippen molar-refractivity contribution in [1.29, 1.82) is 10.5 Å². The fourth-order valence-corrected chi connectivity index (χ4v) is 5.68. The van der Waals surface area contributed by atoms with Crippen molar-refractivity contribution in [3.8, 4) is 34.4 Å². The van der Waals surface area contributed by atoms with E-state index in [4.69, 9.17) is 22.0 Å². The summed E-state index contributed by atoms with van der Waals surface area (Å²) in [6.45, 7) is 16.0. The highest BCUT2D eigenvalue weighted by molar-refractivity contribution is 6.19. The zero-order chi connectivity index (χ0) is 37.2. The lowest BCUT2D eigenvalue weighted by molar-refractivity contribution is -0.143. The number of hydrogen-bond acceptors (Lipinski definition) is 6. The van der Waals surface area contributed by atoms with E-state index in [2.05, 4.69) is 19.7 Å². The lowest BCUT2D eigenvalue weighted by atomic mass is 9.87. The Balaban J connectivity index is 1.87. The SMILES string of the molecule is [C-]#[N+]C([N+]#[C-])c1nc2cc3c(-c4ccc(C(F)(F)F)cc4C)c4oc(C(C#N)C#N)nc4cc3c(-c3ccc(C(F)(F)F)cc3C(F)(F)F)c2o1. The van der Waals surface area contributed by atoms with Gasteiger partial charge in [-0.2, -0.15) is 55.0 Å². The molecular weight excluding hydrogens is 695 g/mol. The summed E-state index contributed by atoms with van der Waals surface area (Å²) in [5.74, 6) is -2.59. The van der Waals surface area contributed by atoms with Gasteiger partial charge < -0.3 is 8.83 Å². The van der Waals surface area contributed by atoms with Crippen LogP contribution in [0.1, 0.15) is 46.1 Å². The molecule has 0 saturated heterocycles. The van der Waals surface area contributed by atoms with Gasteiger partial charge in [0, 0.05) is 11.1 Å². The summed E-state index contributed by atoms with van der Waals surface area (Å²) >= 11 is 0. The van der Waals surface area contributed by atoms with Crippen LogP contribution in [0.3, 0.4) is 0 Å². The molecule has 0 radical (unpaired) electrons. The first-order valence-corrected chi connectivity index (χ1v) is 14.1. The van der Waals surface area contributed by atoms with Gasteiger partial charge in [-0.1, -0.05) is 12.1 Å². The summed E-state index contributed by atoms with van der Waals surface area (Å²) in [6.07, 6.45) is -17.0. The van der Waals surface area contributed by atoms with Crippen molar-refractivity contribution >= 4 is 33.0 Å². The molecule has 2 aromatic heterocycles. The molecule has 8 nitrogen and oxygen atoms in total. The highest BCUT2D eigenvalue weighted by Gasteiger charge is 2.40. The second-order valence-electron chi connectivity index (χ2n) is 11.0. The first kappa shape index (κ1) is 34.3. The molecule has 0 amide bonds. The van der Waals surface area contributed by atoms with Gasteiger partial charge in [0.1, 0.15) is 11.0 Å². The van der Waals surface area contributed by atoms with Gasteiger partial charge in [0.15, 0.2) is 11.2 Å². The molecule has 0 unspecified atom stereocenters. The maximum atomic E-state index is 14.6. The Labute approximate surface area is 279 Å². The fourth-order valence-electron chi connectivity index (χ4n) is 5.68. The number of nitrogens with zero attached hydrogens (tertiary/aromatic N) is 6. The molecule has 51 heavy (non-hydrogen) atoms. The first-order chi connectivity index (χ1) is 23.9. The molecule has 0 spiro atoms. The summed E-state index contributed by atoms with van der Waals surface area (Å²) in [7, 11) is 0. The maximum absolute atomic E-state index is 14.6. The molecule has 4 aromatic carbocycles. The molecule has 6 aromatic rings. The Bertz CT molecular complexity index is 2560. The van der Waals surface area contributed by atoms with Gasteiger partial charge in [0.05, 0.1) is 28.8 Å². The van der Waals surface area contributed by atoms with Crippen LogP contribution in [-0.2, 0) is 18.5 Å². The van der Waals surface area contributed by atoms with E-state index in [0.717, 1.165) is 24.3 Å². The Morgan fingerprint density at radius 2 is 1.14 bits per heavy atom. The zero-order valence-corrected chi connectivity index (χ0v) is 25.2. The number of aromatic nitrogens is 2. The largest absolute Gasteiger partial charge is 0.553 e. The molecular formula is C34H13F9N6O2. The van der Waals surface area contributed by atoms with E-state index in [1.807, 2.05) is 0 Å². The van der Waals surface area contributed by atoms with Gasteiger partial charge in [-0.05, 0) is 70.8 Å². The highest BCUT2D eigenvalue weighted by atomic mass is 19.4. The molecule has 0 N–H and O–H groups in total. The molecule has 0 atom stereocenters. The van der Waals surface area contributed by atoms with Crippen molar-refractivity contribution in [3.05, 3.63) is 105 Å². The van der Waals surface area contributed by atoms with Crippen LogP contribution >= 0.6 is 0 Å². The maximum Gasteiger partial charge on any atom is 0.553 e. The monoisotopic (exact) mass is 708 g/mol. The number of nitriles is 2. The molecule has 17 heteroatoms. The highest BCUT2D eigenvalue weighted by Crippen LogP contribution is 2.49. The summed E-state index contributed by atoms with van der Waals surface area (Å²) in [4.78, 5) is 14.5. The van der Waals surface area contributed by atoms with E-state index >= 15 is 0 Å². The van der Waals surface area contributed by atoms with Crippen molar-refractivity contribution < 1.29 is 48.3 Å². The molecule has 0 aliphatic carbocycles. The van der Waals surface area contributed by atoms with Crippen molar-refractivity contribution in [2.24, 2.45) is 0 Å². The van der Waals surface area contributed by atoms with Gasteiger partial charge in [-0.3, -0.25) is 0 Å². The topological polar surface area (TPSA) is 108 Å². The van der Waals surface area contributed by atoms with E-state index in [9.17, 15) is 50.0 Å². The average Bonchev–Trinajstić information content (AvgIpc) is 3.67. The Kier molecular flexibility index (Phi) is 7.92. The van der Waals surface area contributed by atoms with E-state index in [-0.39, 0.29) is 50.1 Å². The zero-order valence-electron chi connectivity index (χ0n) is 25.2. The predicted octanol–water partition coefficient (Wildman–Crippen LogP) is 10.8. The predicted molar refractivity (Wildman–Crippen MR) is 160 cm³/mol. The van der Waals surface area contributed by atoms with Crippen LogP contribution in [0.4, 0.5) is 39.5 Å². The quantitative estimate of drug-likeness (QED) is 0.133. The molecule has 0 bridgehead atoms. The van der Waals surface area contributed by atoms with Gasteiger partial charge in [-0.25, -0.2) is 27.8 Å². The second-order valence-corrected chi connectivity index (χ2v) is 11.0. The molecule has 0 saturated carbocycles. The van der Waals surface area contributed by atoms with Gasteiger partial charge in [0.25, 0.3) is 0 Å². The minimum Gasteiger partial charge on any atom is -0.437 e. The second kappa shape index (κ2) is 11.8. The van der Waals surface area contributed by atoms with Crippen LogP contribution in [0.5, 0.6) is 0 Å². The fraction of sp³-hybridized carbons (Fsp3) is 0.176. The van der Waals surface area contributed by atoms with Crippen LogP contribution in [-0.4, -0.2) is 9.97 Å². The number of aryl methyl sites for hydroxylation is 1. The van der Waals surface area contributed by atoms with Crippen molar-refractivity contribution in [1.82, 2.24) is 9.97 Å². The summed E-state index contributed by atoms with van der Waals surface area (Å²) in [5, 5.41) is 18.7. The molecule has 254 valence electrons. The van der Waals surface area contributed by atoms with E-state index in [1.165, 1.54) is 13.0 Å². The normalized spacial score (nSPS) is 12.4. The van der Waals surface area contributed by atoms with Crippen LogP contribution in [0, 0.1) is 42.7 Å². The summed E-state index contributed by atoms with van der Waals surface area (Å²) in [5.41, 5.74) is -6.96. The number of fused-ring (bicyclic) bond motifs is 3. The number of benzene rings is 4. The summed E-state index contributed by atoms with van der Waals surface area (Å²) in [6, 6.07) is 9.18. The smallest absolute Gasteiger partial charge is 0.437 e. The third-order valence-corrected chi connectivity index (χ3v) is 7.90. The molecule has 0 aliphatic heterocycles. The number of oxazole rings is 2. The average molecular weight is 709 g/mol. The molecule has 0 aliphatic rings. The summed E-state index contributed by atoms with van der Waals surface area (Å²) < 4.78 is 137. The third kappa shape index (κ3) is 5.79. The van der Waals surface area contributed by atoms with Gasteiger partial charge in [-0.15, -0.1) is 0 Å². The van der Waals surface area contributed by atoms with E-state index in [0.29, 0.717) is 12.1 Å². The Hall–Kier alpha value is -6.59. The molecule has 2 heterocycles. The lowest BCUT2D eigenvalue weighted by Gasteiger charge is -2.19. The van der Waals surface area contributed by atoms with Crippen LogP contribution in [0.2, 0.25) is 0 Å². The van der Waals surface area contributed by atoms with Gasteiger partial charge >= 0.3 is 30.6 Å². The Morgan fingerprint density at radius 3 is 1.61 bits per heavy atom. The van der Waals surface area contributed by atoms with Crippen LogP contribution < -0.4 is 0 Å². The van der Waals surface area contributed by atoms with Crippen molar-refractivity contribution in [3.63, 3.8) is 0 Å². The minimum atomic E-state index is -5.39. The first-order valence-electron chi connectivity index (χ1n) is 14.1. The molecule has 0 fully saturated rings. The van der Waals surface area contributed by atoms with Gasteiger partial charge in [0.2, 0.25) is 11.8 Å². The van der Waals surface area contributed by atoms with Crippen molar-refractivity contribution in [2.45, 2.75) is 37.5 Å². The standard InChI is InChI=1S/C34H13F9N6O2/c1-14-8-16(32(35,36)37)4-6-18(14)25-20-10-24-28(51-31(49-24)29(46-2)47-3)26(19-7-5-17(33(38,39)40)9-22(19)34(41,42)43)21(20)11-23-27(25)50-30(48-23)15(12-44)13-45/h4-11,15,29H,1H3. The minimum absolute atomic E-state index is 0.0113. The van der Waals surface area contributed by atoms with Crippen LogP contribution in [0.15, 0.2) is 57.4 Å². The third-order valence-electron chi connectivity index (χ3n) is 7.90. The Morgan fingerprint density at radius 1 is 0.667 bits per heavy atom. The lowest BCUT2D eigenvalue weighted by Crippen LogP contribution is -2.12.